The van der Waals surface area contributed by atoms with Crippen LogP contribution in [0.5, 0.6) is 0 Å². The molecule has 104 valence electrons. The molecule has 0 radical (unpaired) electrons. The number of amides is 1. The SMILES string of the molecule is CC1(C(=O)Nc2cc(Cl)c(Cl)cc2Cl)CCNCC1. The summed E-state index contributed by atoms with van der Waals surface area (Å²) in [4.78, 5) is 12.4. The van der Waals surface area contributed by atoms with Crippen molar-refractivity contribution >= 4 is 46.4 Å². The lowest BCUT2D eigenvalue weighted by Gasteiger charge is -2.32. The number of halogens is 3. The van der Waals surface area contributed by atoms with Crippen molar-refractivity contribution in [1.29, 1.82) is 0 Å². The van der Waals surface area contributed by atoms with E-state index in [-0.39, 0.29) is 11.3 Å². The predicted octanol–water partition coefficient (Wildman–Crippen LogP) is 3.98. The van der Waals surface area contributed by atoms with E-state index in [2.05, 4.69) is 10.6 Å². The van der Waals surface area contributed by atoms with Crippen molar-refractivity contribution < 1.29 is 4.79 Å². The number of hydrogen-bond acceptors (Lipinski definition) is 2. The lowest BCUT2D eigenvalue weighted by molar-refractivity contribution is -0.126. The smallest absolute Gasteiger partial charge is 0.230 e. The average Bonchev–Trinajstić information content (AvgIpc) is 2.36. The molecule has 1 heterocycles. The standard InChI is InChI=1S/C13H15Cl3N2O/c1-13(2-4-17-5-3-13)12(19)18-11-7-9(15)8(14)6-10(11)16/h6-7,17H,2-5H2,1H3,(H,18,19). The van der Waals surface area contributed by atoms with E-state index in [1.807, 2.05) is 6.92 Å². The molecule has 0 aliphatic carbocycles. The van der Waals surface area contributed by atoms with Gasteiger partial charge in [-0.1, -0.05) is 41.7 Å². The van der Waals surface area contributed by atoms with Gasteiger partial charge < -0.3 is 10.6 Å². The van der Waals surface area contributed by atoms with Crippen molar-refractivity contribution in [3.05, 3.63) is 27.2 Å². The minimum atomic E-state index is -0.374. The molecule has 19 heavy (non-hydrogen) atoms. The summed E-state index contributed by atoms with van der Waals surface area (Å²) in [6.07, 6.45) is 1.61. The van der Waals surface area contributed by atoms with E-state index < -0.39 is 0 Å². The van der Waals surface area contributed by atoms with Gasteiger partial charge in [0.05, 0.1) is 20.8 Å². The van der Waals surface area contributed by atoms with Gasteiger partial charge in [0, 0.05) is 5.41 Å². The number of rotatable bonds is 2. The van der Waals surface area contributed by atoms with E-state index in [1.54, 1.807) is 6.07 Å². The highest BCUT2D eigenvalue weighted by molar-refractivity contribution is 6.44. The zero-order valence-corrected chi connectivity index (χ0v) is 12.8. The molecule has 2 rings (SSSR count). The molecule has 1 aromatic carbocycles. The largest absolute Gasteiger partial charge is 0.324 e. The van der Waals surface area contributed by atoms with Gasteiger partial charge in [0.2, 0.25) is 5.91 Å². The molecular weight excluding hydrogens is 307 g/mol. The van der Waals surface area contributed by atoms with Crippen molar-refractivity contribution in [3.63, 3.8) is 0 Å². The zero-order valence-electron chi connectivity index (χ0n) is 10.5. The van der Waals surface area contributed by atoms with E-state index in [0.717, 1.165) is 25.9 Å². The molecule has 1 aliphatic rings. The molecule has 2 N–H and O–H groups in total. The maximum absolute atomic E-state index is 12.4. The number of anilines is 1. The Kier molecular flexibility index (Phi) is 4.62. The number of carbonyl (C=O) groups excluding carboxylic acids is 1. The topological polar surface area (TPSA) is 41.1 Å². The van der Waals surface area contributed by atoms with E-state index in [4.69, 9.17) is 34.8 Å². The van der Waals surface area contributed by atoms with Crippen molar-refractivity contribution in [2.75, 3.05) is 18.4 Å². The minimum Gasteiger partial charge on any atom is -0.324 e. The molecule has 0 aromatic heterocycles. The monoisotopic (exact) mass is 320 g/mol. The molecule has 3 nitrogen and oxygen atoms in total. The Labute approximate surface area is 127 Å². The lowest BCUT2D eigenvalue weighted by atomic mass is 9.80. The summed E-state index contributed by atoms with van der Waals surface area (Å²) in [5, 5.41) is 7.22. The normalized spacial score (nSPS) is 18.1. The Balaban J connectivity index is 2.16. The molecule has 1 fully saturated rings. The number of benzene rings is 1. The van der Waals surface area contributed by atoms with Gasteiger partial charge in [-0.15, -0.1) is 0 Å². The van der Waals surface area contributed by atoms with Crippen LogP contribution in [0.2, 0.25) is 15.1 Å². The van der Waals surface area contributed by atoms with E-state index in [0.29, 0.717) is 20.8 Å². The van der Waals surface area contributed by atoms with Crippen molar-refractivity contribution in [2.24, 2.45) is 5.41 Å². The molecule has 1 amide bonds. The van der Waals surface area contributed by atoms with Crippen LogP contribution in [0.1, 0.15) is 19.8 Å². The van der Waals surface area contributed by atoms with E-state index in [1.165, 1.54) is 6.07 Å². The molecule has 1 aromatic rings. The highest BCUT2D eigenvalue weighted by Gasteiger charge is 2.34. The fourth-order valence-electron chi connectivity index (χ4n) is 2.10. The van der Waals surface area contributed by atoms with E-state index in [9.17, 15) is 4.79 Å². The van der Waals surface area contributed by atoms with Crippen LogP contribution in [0, 0.1) is 5.41 Å². The van der Waals surface area contributed by atoms with Crippen LogP contribution >= 0.6 is 34.8 Å². The number of nitrogens with one attached hydrogen (secondary N) is 2. The summed E-state index contributed by atoms with van der Waals surface area (Å²) in [6, 6.07) is 3.11. The van der Waals surface area contributed by atoms with Crippen LogP contribution in [0.25, 0.3) is 0 Å². The molecule has 0 saturated carbocycles. The van der Waals surface area contributed by atoms with Gasteiger partial charge in [0.1, 0.15) is 0 Å². The Morgan fingerprint density at radius 3 is 2.37 bits per heavy atom. The van der Waals surface area contributed by atoms with Gasteiger partial charge in [-0.3, -0.25) is 4.79 Å². The number of carbonyl (C=O) groups is 1. The Morgan fingerprint density at radius 2 is 1.74 bits per heavy atom. The molecule has 6 heteroatoms. The van der Waals surface area contributed by atoms with Crippen LogP contribution in [-0.4, -0.2) is 19.0 Å². The predicted molar refractivity (Wildman–Crippen MR) is 80.3 cm³/mol. The first kappa shape index (κ1) is 14.9. The first-order valence-corrected chi connectivity index (χ1v) is 7.22. The fourth-order valence-corrected chi connectivity index (χ4v) is 2.69. The first-order chi connectivity index (χ1) is 8.92. The average molecular weight is 322 g/mol. The van der Waals surface area contributed by atoms with Crippen LogP contribution in [0.3, 0.4) is 0 Å². The van der Waals surface area contributed by atoms with E-state index >= 15 is 0 Å². The molecular formula is C13H15Cl3N2O. The molecule has 0 unspecified atom stereocenters. The van der Waals surface area contributed by atoms with Gasteiger partial charge >= 0.3 is 0 Å². The zero-order chi connectivity index (χ0) is 14.0. The van der Waals surface area contributed by atoms with Crippen LogP contribution < -0.4 is 10.6 Å². The van der Waals surface area contributed by atoms with Crippen LogP contribution in [0.4, 0.5) is 5.69 Å². The maximum atomic E-state index is 12.4. The summed E-state index contributed by atoms with van der Waals surface area (Å²) < 4.78 is 0. The maximum Gasteiger partial charge on any atom is 0.230 e. The quantitative estimate of drug-likeness (QED) is 0.809. The molecule has 0 bridgehead atoms. The molecule has 0 spiro atoms. The van der Waals surface area contributed by atoms with Crippen LogP contribution in [0.15, 0.2) is 12.1 Å². The Morgan fingerprint density at radius 1 is 1.16 bits per heavy atom. The fraction of sp³-hybridized carbons (Fsp3) is 0.462. The Hall–Kier alpha value is -0.480. The van der Waals surface area contributed by atoms with Gasteiger partial charge in [0.15, 0.2) is 0 Å². The molecule has 1 aliphatic heterocycles. The third kappa shape index (κ3) is 3.34. The van der Waals surface area contributed by atoms with Gasteiger partial charge in [-0.05, 0) is 38.1 Å². The van der Waals surface area contributed by atoms with Gasteiger partial charge in [-0.2, -0.15) is 0 Å². The number of piperidine rings is 1. The Bertz CT molecular complexity index is 499. The summed E-state index contributed by atoms with van der Waals surface area (Å²) >= 11 is 17.9. The summed E-state index contributed by atoms with van der Waals surface area (Å²) in [5.74, 6) is -0.0331. The third-order valence-electron chi connectivity index (χ3n) is 3.51. The summed E-state index contributed by atoms with van der Waals surface area (Å²) in [6.45, 7) is 3.66. The second-order valence-corrected chi connectivity index (χ2v) is 6.23. The third-order valence-corrected chi connectivity index (χ3v) is 4.55. The highest BCUT2D eigenvalue weighted by Crippen LogP contribution is 2.35. The summed E-state index contributed by atoms with van der Waals surface area (Å²) in [5.41, 5.74) is 0.126. The van der Waals surface area contributed by atoms with Crippen molar-refractivity contribution in [2.45, 2.75) is 19.8 Å². The molecule has 0 atom stereocenters. The van der Waals surface area contributed by atoms with Gasteiger partial charge in [0.25, 0.3) is 0 Å². The molecule has 1 saturated heterocycles. The number of hydrogen-bond donors (Lipinski definition) is 2. The first-order valence-electron chi connectivity index (χ1n) is 6.09. The lowest BCUT2D eigenvalue weighted by Crippen LogP contribution is -2.42. The van der Waals surface area contributed by atoms with Crippen LogP contribution in [-0.2, 0) is 4.79 Å². The van der Waals surface area contributed by atoms with Crippen molar-refractivity contribution in [1.82, 2.24) is 5.32 Å². The highest BCUT2D eigenvalue weighted by atomic mass is 35.5. The van der Waals surface area contributed by atoms with Gasteiger partial charge in [-0.25, -0.2) is 0 Å². The summed E-state index contributed by atoms with van der Waals surface area (Å²) in [7, 11) is 0. The second kappa shape index (κ2) is 5.88. The second-order valence-electron chi connectivity index (χ2n) is 5.01. The van der Waals surface area contributed by atoms with Crippen molar-refractivity contribution in [3.8, 4) is 0 Å². The minimum absolute atomic E-state index is 0.0331.